The lowest BCUT2D eigenvalue weighted by atomic mass is 10.1. The first-order valence-electron chi connectivity index (χ1n) is 7.05. The van der Waals surface area contributed by atoms with Crippen LogP contribution in [-0.4, -0.2) is 46.6 Å². The second kappa shape index (κ2) is 7.11. The summed E-state index contributed by atoms with van der Waals surface area (Å²) in [5.41, 5.74) is 1.18. The van der Waals surface area contributed by atoms with Crippen LogP contribution in [0.3, 0.4) is 0 Å². The summed E-state index contributed by atoms with van der Waals surface area (Å²) in [4.78, 5) is 0. The van der Waals surface area contributed by atoms with Crippen LogP contribution in [0.4, 0.5) is 0 Å². The molecular weight excluding hydrogens is 292 g/mol. The molecule has 6 nitrogen and oxygen atoms in total. The Bertz CT molecular complexity index is 572. The second-order valence-corrected chi connectivity index (χ2v) is 7.09. The molecule has 1 N–H and O–H groups in total. The molecule has 1 aliphatic rings. The van der Waals surface area contributed by atoms with Crippen LogP contribution in [0.2, 0.25) is 0 Å². The van der Waals surface area contributed by atoms with Crippen LogP contribution in [0.5, 0.6) is 11.5 Å². The van der Waals surface area contributed by atoms with E-state index in [0.29, 0.717) is 19.8 Å². The van der Waals surface area contributed by atoms with Gasteiger partial charge in [-0.05, 0) is 37.0 Å². The van der Waals surface area contributed by atoms with Gasteiger partial charge in [-0.2, -0.15) is 12.7 Å². The monoisotopic (exact) mass is 314 g/mol. The molecule has 0 aliphatic carbocycles. The highest BCUT2D eigenvalue weighted by Gasteiger charge is 2.12. The van der Waals surface area contributed by atoms with E-state index >= 15 is 0 Å². The molecule has 21 heavy (non-hydrogen) atoms. The molecule has 0 saturated heterocycles. The fraction of sp³-hybridized carbons (Fsp3) is 0.571. The van der Waals surface area contributed by atoms with Crippen molar-refractivity contribution >= 4 is 10.2 Å². The molecule has 0 amide bonds. The van der Waals surface area contributed by atoms with Gasteiger partial charge in [0.05, 0.1) is 0 Å². The third-order valence-corrected chi connectivity index (χ3v) is 4.79. The number of hydrogen-bond acceptors (Lipinski definition) is 4. The Kier molecular flexibility index (Phi) is 5.44. The van der Waals surface area contributed by atoms with Crippen molar-refractivity contribution < 1.29 is 17.9 Å². The highest BCUT2D eigenvalue weighted by Crippen LogP contribution is 2.31. The normalized spacial score (nSPS) is 14.4. The van der Waals surface area contributed by atoms with Crippen LogP contribution < -0.4 is 14.2 Å². The minimum absolute atomic E-state index is 0.449. The largest absolute Gasteiger partial charge is 0.486 e. The molecule has 0 bridgehead atoms. The Morgan fingerprint density at radius 2 is 1.86 bits per heavy atom. The van der Waals surface area contributed by atoms with Gasteiger partial charge < -0.3 is 9.47 Å². The van der Waals surface area contributed by atoms with Crippen molar-refractivity contribution in [2.45, 2.75) is 19.3 Å². The molecule has 7 heteroatoms. The van der Waals surface area contributed by atoms with E-state index in [1.165, 1.54) is 24.0 Å². The lowest BCUT2D eigenvalue weighted by Crippen LogP contribution is -2.36. The molecule has 0 unspecified atom stereocenters. The van der Waals surface area contributed by atoms with E-state index < -0.39 is 10.2 Å². The summed E-state index contributed by atoms with van der Waals surface area (Å²) in [6.45, 7) is 1.63. The fourth-order valence-electron chi connectivity index (χ4n) is 2.03. The molecule has 1 aromatic rings. The van der Waals surface area contributed by atoms with Crippen molar-refractivity contribution in [3.8, 4) is 11.5 Å². The topological polar surface area (TPSA) is 67.9 Å². The van der Waals surface area contributed by atoms with Gasteiger partial charge in [0.15, 0.2) is 11.5 Å². The third-order valence-electron chi connectivity index (χ3n) is 3.26. The molecular formula is C14H22N2O4S. The van der Waals surface area contributed by atoms with E-state index in [1.54, 1.807) is 0 Å². The van der Waals surface area contributed by atoms with Crippen molar-refractivity contribution in [3.63, 3.8) is 0 Å². The number of fused-ring (bicyclic) bond motifs is 1. The van der Waals surface area contributed by atoms with Crippen molar-refractivity contribution in [2.75, 3.05) is 33.9 Å². The summed E-state index contributed by atoms with van der Waals surface area (Å²) in [7, 11) is -0.286. The van der Waals surface area contributed by atoms with Gasteiger partial charge in [-0.15, -0.1) is 0 Å². The maximum atomic E-state index is 11.5. The predicted octanol–water partition coefficient (Wildman–Crippen LogP) is 1.18. The average molecular weight is 314 g/mol. The van der Waals surface area contributed by atoms with E-state index in [4.69, 9.17) is 9.47 Å². The minimum atomic E-state index is -3.31. The van der Waals surface area contributed by atoms with Crippen LogP contribution in [0.15, 0.2) is 18.2 Å². The number of ether oxygens (including phenoxy) is 2. The molecule has 1 aliphatic heterocycles. The van der Waals surface area contributed by atoms with Gasteiger partial charge >= 0.3 is 0 Å². The number of hydrogen-bond donors (Lipinski definition) is 1. The zero-order chi connectivity index (χ0) is 15.3. The van der Waals surface area contributed by atoms with Crippen molar-refractivity contribution in [2.24, 2.45) is 0 Å². The molecule has 0 atom stereocenters. The predicted molar refractivity (Wildman–Crippen MR) is 81.0 cm³/mol. The molecule has 1 heterocycles. The molecule has 0 saturated carbocycles. The zero-order valence-corrected chi connectivity index (χ0v) is 13.3. The minimum Gasteiger partial charge on any atom is -0.486 e. The summed E-state index contributed by atoms with van der Waals surface area (Å²) in [6, 6.07) is 5.95. The van der Waals surface area contributed by atoms with E-state index in [9.17, 15) is 8.42 Å². The number of benzene rings is 1. The van der Waals surface area contributed by atoms with Crippen molar-refractivity contribution in [1.29, 1.82) is 0 Å². The maximum Gasteiger partial charge on any atom is 0.278 e. The second-order valence-electron chi connectivity index (χ2n) is 5.12. The Labute approximate surface area is 126 Å². The quantitative estimate of drug-likeness (QED) is 0.767. The number of aryl methyl sites for hydroxylation is 1. The average Bonchev–Trinajstić information content (AvgIpc) is 2.46. The first-order chi connectivity index (χ1) is 9.99. The van der Waals surface area contributed by atoms with E-state index in [-0.39, 0.29) is 0 Å². The standard InChI is InChI=1S/C14H22N2O4S/c1-16(2)21(17,18)15-8-4-3-5-12-6-7-13-14(11-12)20-10-9-19-13/h6-7,11,15H,3-5,8-10H2,1-2H3. The molecule has 0 fully saturated rings. The van der Waals surface area contributed by atoms with Gasteiger partial charge in [-0.25, -0.2) is 4.72 Å². The van der Waals surface area contributed by atoms with Gasteiger partial charge in [0.25, 0.3) is 10.2 Å². The van der Waals surface area contributed by atoms with E-state index in [1.807, 2.05) is 18.2 Å². The first kappa shape index (κ1) is 16.1. The van der Waals surface area contributed by atoms with Gasteiger partial charge in [0, 0.05) is 20.6 Å². The summed E-state index contributed by atoms with van der Waals surface area (Å²) in [6.07, 6.45) is 2.59. The van der Waals surface area contributed by atoms with Crippen LogP contribution in [0.1, 0.15) is 18.4 Å². The number of nitrogens with zero attached hydrogens (tertiary/aromatic N) is 1. The summed E-state index contributed by atoms with van der Waals surface area (Å²) in [5.74, 6) is 1.59. The Morgan fingerprint density at radius 3 is 2.57 bits per heavy atom. The number of unbranched alkanes of at least 4 members (excludes halogenated alkanes) is 1. The molecule has 2 rings (SSSR count). The third kappa shape index (κ3) is 4.59. The summed E-state index contributed by atoms with van der Waals surface area (Å²) in [5, 5.41) is 0. The van der Waals surface area contributed by atoms with Gasteiger partial charge in [0.2, 0.25) is 0 Å². The first-order valence-corrected chi connectivity index (χ1v) is 8.49. The molecule has 0 aromatic heterocycles. The lowest BCUT2D eigenvalue weighted by molar-refractivity contribution is 0.171. The fourth-order valence-corrected chi connectivity index (χ4v) is 2.69. The summed E-state index contributed by atoms with van der Waals surface area (Å²) >= 11 is 0. The SMILES string of the molecule is CN(C)S(=O)(=O)NCCCCc1ccc2c(c1)OCCO2. The van der Waals surface area contributed by atoms with Crippen LogP contribution >= 0.6 is 0 Å². The highest BCUT2D eigenvalue weighted by atomic mass is 32.2. The van der Waals surface area contributed by atoms with E-state index in [0.717, 1.165) is 30.8 Å². The molecule has 1 aromatic carbocycles. The Hall–Kier alpha value is -1.31. The molecule has 0 radical (unpaired) electrons. The van der Waals surface area contributed by atoms with Crippen LogP contribution in [0.25, 0.3) is 0 Å². The van der Waals surface area contributed by atoms with E-state index in [2.05, 4.69) is 4.72 Å². The Morgan fingerprint density at radius 1 is 1.14 bits per heavy atom. The number of rotatable bonds is 7. The molecule has 118 valence electrons. The van der Waals surface area contributed by atoms with Crippen molar-refractivity contribution in [1.82, 2.24) is 9.03 Å². The zero-order valence-electron chi connectivity index (χ0n) is 12.5. The summed E-state index contributed by atoms with van der Waals surface area (Å²) < 4.78 is 37.8. The van der Waals surface area contributed by atoms with Gasteiger partial charge in [-0.1, -0.05) is 6.07 Å². The van der Waals surface area contributed by atoms with Crippen molar-refractivity contribution in [3.05, 3.63) is 23.8 Å². The number of nitrogens with one attached hydrogen (secondary N) is 1. The smallest absolute Gasteiger partial charge is 0.278 e. The lowest BCUT2D eigenvalue weighted by Gasteiger charge is -2.18. The van der Waals surface area contributed by atoms with Gasteiger partial charge in [0.1, 0.15) is 13.2 Å². The van der Waals surface area contributed by atoms with Crippen LogP contribution in [0, 0.1) is 0 Å². The van der Waals surface area contributed by atoms with Crippen LogP contribution in [-0.2, 0) is 16.6 Å². The Balaban J connectivity index is 1.74. The van der Waals surface area contributed by atoms with Gasteiger partial charge in [-0.3, -0.25) is 0 Å². The maximum absolute atomic E-state index is 11.5. The molecule has 0 spiro atoms. The highest BCUT2D eigenvalue weighted by molar-refractivity contribution is 7.87.